The maximum absolute atomic E-state index is 12.4. The number of carbonyl (C=O) groups is 1. The first-order valence-electron chi connectivity index (χ1n) is 8.15. The lowest BCUT2D eigenvalue weighted by Crippen LogP contribution is -2.26. The summed E-state index contributed by atoms with van der Waals surface area (Å²) in [5.41, 5.74) is 0.949. The lowest BCUT2D eigenvalue weighted by atomic mass is 10.0. The van der Waals surface area contributed by atoms with Gasteiger partial charge in [0.1, 0.15) is 0 Å². The quantitative estimate of drug-likeness (QED) is 0.595. The molecule has 0 radical (unpaired) electrons. The summed E-state index contributed by atoms with van der Waals surface area (Å²) >= 11 is 0. The van der Waals surface area contributed by atoms with Crippen LogP contribution in [0.3, 0.4) is 0 Å². The van der Waals surface area contributed by atoms with Crippen LogP contribution in [0.15, 0.2) is 42.5 Å². The fourth-order valence-corrected chi connectivity index (χ4v) is 2.56. The highest BCUT2D eigenvalue weighted by atomic mass is 16.6. The molecular weight excluding hydrogens is 338 g/mol. The molecule has 8 heteroatoms. The monoisotopic (exact) mass is 357 g/mol. The third kappa shape index (κ3) is 4.62. The summed E-state index contributed by atoms with van der Waals surface area (Å²) < 4.78 is 0. The minimum absolute atomic E-state index is 0.125. The topological polar surface area (TPSA) is 115 Å². The van der Waals surface area contributed by atoms with E-state index >= 15 is 0 Å². The second kappa shape index (κ2) is 8.19. The molecule has 136 valence electrons. The molecule has 2 aromatic carbocycles. The summed E-state index contributed by atoms with van der Waals surface area (Å²) in [7, 11) is 0. The Labute approximate surface area is 150 Å². The standard InChI is InChI=1S/C18H19N3O5/c1-3-4-13-5-7-14(8-6-13)12(2)19-18(22)15-9-16(20(23)24)11-17(10-15)21(25)26/h5-12H,3-4H2,1-2H3,(H,19,22)/t12-/m1/s1. The summed E-state index contributed by atoms with van der Waals surface area (Å²) in [5.74, 6) is -0.609. The number of nitro benzene ring substituents is 2. The van der Waals surface area contributed by atoms with Gasteiger partial charge in [0.2, 0.25) is 0 Å². The molecule has 1 atom stereocenters. The first-order chi connectivity index (χ1) is 12.3. The average Bonchev–Trinajstić information content (AvgIpc) is 2.62. The van der Waals surface area contributed by atoms with Gasteiger partial charge in [-0.25, -0.2) is 0 Å². The molecule has 0 aliphatic carbocycles. The minimum atomic E-state index is -0.764. The lowest BCUT2D eigenvalue weighted by Gasteiger charge is -2.15. The van der Waals surface area contributed by atoms with Crippen molar-refractivity contribution in [2.45, 2.75) is 32.7 Å². The van der Waals surface area contributed by atoms with E-state index < -0.39 is 27.1 Å². The molecule has 0 aliphatic heterocycles. The van der Waals surface area contributed by atoms with Gasteiger partial charge in [-0.15, -0.1) is 0 Å². The molecule has 0 saturated carbocycles. The zero-order chi connectivity index (χ0) is 19.3. The van der Waals surface area contributed by atoms with E-state index in [1.807, 2.05) is 24.3 Å². The number of nitrogens with one attached hydrogen (secondary N) is 1. The minimum Gasteiger partial charge on any atom is -0.346 e. The fourth-order valence-electron chi connectivity index (χ4n) is 2.56. The van der Waals surface area contributed by atoms with E-state index in [0.717, 1.165) is 36.6 Å². The van der Waals surface area contributed by atoms with E-state index in [2.05, 4.69) is 12.2 Å². The van der Waals surface area contributed by atoms with Gasteiger partial charge < -0.3 is 5.32 Å². The molecule has 8 nitrogen and oxygen atoms in total. The average molecular weight is 357 g/mol. The van der Waals surface area contributed by atoms with Crippen molar-refractivity contribution in [1.29, 1.82) is 0 Å². The second-order valence-corrected chi connectivity index (χ2v) is 5.94. The third-order valence-electron chi connectivity index (χ3n) is 3.95. The first-order valence-corrected chi connectivity index (χ1v) is 8.15. The molecule has 1 N–H and O–H groups in total. The van der Waals surface area contributed by atoms with Crippen LogP contribution in [0.1, 0.15) is 47.8 Å². The number of carbonyl (C=O) groups excluding carboxylic acids is 1. The molecule has 0 spiro atoms. The van der Waals surface area contributed by atoms with Gasteiger partial charge in [0.05, 0.1) is 27.5 Å². The molecule has 2 aromatic rings. The molecule has 0 aromatic heterocycles. The number of hydrogen-bond acceptors (Lipinski definition) is 5. The molecule has 0 fully saturated rings. The van der Waals surface area contributed by atoms with Gasteiger partial charge in [-0.05, 0) is 24.5 Å². The van der Waals surface area contributed by atoms with E-state index in [1.54, 1.807) is 6.92 Å². The molecule has 0 unspecified atom stereocenters. The zero-order valence-corrected chi connectivity index (χ0v) is 14.5. The Morgan fingerprint density at radius 1 is 1.04 bits per heavy atom. The van der Waals surface area contributed by atoms with Crippen LogP contribution in [0.2, 0.25) is 0 Å². The number of benzene rings is 2. The highest BCUT2D eigenvalue weighted by Crippen LogP contribution is 2.23. The SMILES string of the molecule is CCCc1ccc([C@@H](C)NC(=O)c2cc([N+](=O)[O-])cc([N+](=O)[O-])c2)cc1. The van der Waals surface area contributed by atoms with Crippen LogP contribution in [0, 0.1) is 20.2 Å². The lowest BCUT2D eigenvalue weighted by molar-refractivity contribution is -0.394. The molecule has 0 aliphatic rings. The molecule has 2 rings (SSSR count). The summed E-state index contributed by atoms with van der Waals surface area (Å²) in [6.45, 7) is 3.87. The largest absolute Gasteiger partial charge is 0.346 e. The Kier molecular flexibility index (Phi) is 6.00. The Balaban J connectivity index is 2.20. The summed E-state index contributed by atoms with van der Waals surface area (Å²) in [6.07, 6.45) is 2.01. The van der Waals surface area contributed by atoms with Gasteiger partial charge in [-0.3, -0.25) is 25.0 Å². The number of non-ortho nitro benzene ring substituents is 2. The van der Waals surface area contributed by atoms with Crippen molar-refractivity contribution in [3.8, 4) is 0 Å². The fraction of sp³-hybridized carbons (Fsp3) is 0.278. The van der Waals surface area contributed by atoms with Crippen molar-refractivity contribution >= 4 is 17.3 Å². The Bertz CT molecular complexity index is 801. The molecule has 0 bridgehead atoms. The summed E-state index contributed by atoms with van der Waals surface area (Å²) in [4.78, 5) is 32.7. The maximum atomic E-state index is 12.4. The zero-order valence-electron chi connectivity index (χ0n) is 14.5. The van der Waals surface area contributed by atoms with Crippen molar-refractivity contribution in [3.05, 3.63) is 79.4 Å². The first kappa shape index (κ1) is 19.0. The van der Waals surface area contributed by atoms with Gasteiger partial charge in [-0.1, -0.05) is 37.6 Å². The molecule has 0 heterocycles. The number of hydrogen-bond donors (Lipinski definition) is 1. The Morgan fingerprint density at radius 3 is 2.04 bits per heavy atom. The normalized spacial score (nSPS) is 11.6. The Hall–Kier alpha value is -3.29. The third-order valence-corrected chi connectivity index (χ3v) is 3.95. The van der Waals surface area contributed by atoms with Crippen LogP contribution in [-0.4, -0.2) is 15.8 Å². The van der Waals surface area contributed by atoms with Crippen molar-refractivity contribution in [2.24, 2.45) is 0 Å². The van der Waals surface area contributed by atoms with Crippen molar-refractivity contribution in [1.82, 2.24) is 5.32 Å². The van der Waals surface area contributed by atoms with Gasteiger partial charge in [0.25, 0.3) is 17.3 Å². The van der Waals surface area contributed by atoms with Crippen LogP contribution in [-0.2, 0) is 6.42 Å². The van der Waals surface area contributed by atoms with E-state index in [9.17, 15) is 25.0 Å². The highest BCUT2D eigenvalue weighted by Gasteiger charge is 2.21. The van der Waals surface area contributed by atoms with Crippen molar-refractivity contribution < 1.29 is 14.6 Å². The summed E-state index contributed by atoms with van der Waals surface area (Å²) in [5, 5.41) is 24.6. The molecule has 26 heavy (non-hydrogen) atoms. The van der Waals surface area contributed by atoms with E-state index in [0.29, 0.717) is 0 Å². The number of nitro groups is 2. The molecular formula is C18H19N3O5. The van der Waals surface area contributed by atoms with Gasteiger partial charge in [-0.2, -0.15) is 0 Å². The predicted octanol–water partition coefficient (Wildman–Crippen LogP) is 3.95. The van der Waals surface area contributed by atoms with Gasteiger partial charge in [0, 0.05) is 12.1 Å². The van der Waals surface area contributed by atoms with Crippen LogP contribution in [0.25, 0.3) is 0 Å². The highest BCUT2D eigenvalue weighted by molar-refractivity contribution is 5.95. The maximum Gasteiger partial charge on any atom is 0.277 e. The van der Waals surface area contributed by atoms with Crippen LogP contribution in [0.4, 0.5) is 11.4 Å². The Morgan fingerprint density at radius 2 is 1.58 bits per heavy atom. The second-order valence-electron chi connectivity index (χ2n) is 5.94. The molecule has 1 amide bonds. The van der Waals surface area contributed by atoms with E-state index in [1.165, 1.54) is 5.56 Å². The summed E-state index contributed by atoms with van der Waals surface area (Å²) in [6, 6.07) is 10.3. The van der Waals surface area contributed by atoms with Crippen LogP contribution < -0.4 is 5.32 Å². The van der Waals surface area contributed by atoms with Crippen molar-refractivity contribution in [3.63, 3.8) is 0 Å². The number of aryl methyl sites for hydroxylation is 1. The predicted molar refractivity (Wildman–Crippen MR) is 96.1 cm³/mol. The van der Waals surface area contributed by atoms with Gasteiger partial charge in [0.15, 0.2) is 0 Å². The number of rotatable bonds is 7. The van der Waals surface area contributed by atoms with Crippen LogP contribution >= 0.6 is 0 Å². The number of amides is 1. The molecule has 0 saturated heterocycles. The van der Waals surface area contributed by atoms with E-state index in [4.69, 9.17) is 0 Å². The number of nitrogens with zero attached hydrogens (tertiary/aromatic N) is 2. The van der Waals surface area contributed by atoms with E-state index in [-0.39, 0.29) is 11.6 Å². The smallest absolute Gasteiger partial charge is 0.277 e. The van der Waals surface area contributed by atoms with Crippen molar-refractivity contribution in [2.75, 3.05) is 0 Å². The van der Waals surface area contributed by atoms with Crippen LogP contribution in [0.5, 0.6) is 0 Å². The van der Waals surface area contributed by atoms with Gasteiger partial charge >= 0.3 is 0 Å².